The highest BCUT2D eigenvalue weighted by atomic mass is 16.2. The van der Waals surface area contributed by atoms with Gasteiger partial charge in [0.1, 0.15) is 0 Å². The third kappa shape index (κ3) is 3.98. The van der Waals surface area contributed by atoms with Gasteiger partial charge in [-0.25, -0.2) is 0 Å². The second-order valence-electron chi connectivity index (χ2n) is 6.86. The molecule has 0 bridgehead atoms. The third-order valence-corrected chi connectivity index (χ3v) is 5.08. The van der Waals surface area contributed by atoms with E-state index in [2.05, 4.69) is 15.1 Å². The molecule has 6 nitrogen and oxygen atoms in total. The van der Waals surface area contributed by atoms with Crippen LogP contribution in [0.4, 0.5) is 0 Å². The highest BCUT2D eigenvalue weighted by molar-refractivity contribution is 5.82. The molecule has 0 aromatic rings. The van der Waals surface area contributed by atoms with E-state index < -0.39 is 0 Å². The molecule has 0 aromatic carbocycles. The highest BCUT2D eigenvalue weighted by Gasteiger charge is 2.30. The van der Waals surface area contributed by atoms with Gasteiger partial charge in [-0.15, -0.1) is 0 Å². The summed E-state index contributed by atoms with van der Waals surface area (Å²) >= 11 is 0. The van der Waals surface area contributed by atoms with Crippen LogP contribution in [0.25, 0.3) is 0 Å². The van der Waals surface area contributed by atoms with Crippen LogP contribution in [0.15, 0.2) is 0 Å². The molecule has 1 atom stereocenters. The molecule has 6 heteroatoms. The fourth-order valence-corrected chi connectivity index (χ4v) is 3.28. The van der Waals surface area contributed by atoms with Gasteiger partial charge in [0.25, 0.3) is 0 Å². The Morgan fingerprint density at radius 1 is 1.05 bits per heavy atom. The summed E-state index contributed by atoms with van der Waals surface area (Å²) in [4.78, 5) is 30.7. The van der Waals surface area contributed by atoms with E-state index in [4.69, 9.17) is 0 Å². The van der Waals surface area contributed by atoms with E-state index in [1.54, 1.807) is 0 Å². The number of hydrogen-bond acceptors (Lipinski definition) is 4. The molecule has 0 radical (unpaired) electrons. The zero-order valence-corrected chi connectivity index (χ0v) is 13.6. The van der Waals surface area contributed by atoms with E-state index in [9.17, 15) is 9.59 Å². The maximum Gasteiger partial charge on any atom is 0.237 e. The Hall–Kier alpha value is -1.14. The lowest BCUT2D eigenvalue weighted by Crippen LogP contribution is -2.55. The van der Waals surface area contributed by atoms with Gasteiger partial charge in [0.05, 0.1) is 12.6 Å². The lowest BCUT2D eigenvalue weighted by Gasteiger charge is -2.37. The second kappa shape index (κ2) is 6.96. The van der Waals surface area contributed by atoms with Gasteiger partial charge < -0.3 is 10.2 Å². The molecular weight excluding hydrogens is 280 g/mol. The van der Waals surface area contributed by atoms with E-state index in [0.717, 1.165) is 65.0 Å². The number of hydrogen-bond donors (Lipinski definition) is 1. The zero-order chi connectivity index (χ0) is 15.5. The van der Waals surface area contributed by atoms with Crippen molar-refractivity contribution in [2.24, 2.45) is 0 Å². The molecule has 3 aliphatic rings. The van der Waals surface area contributed by atoms with Crippen LogP contribution in [0.1, 0.15) is 32.6 Å². The highest BCUT2D eigenvalue weighted by Crippen LogP contribution is 2.19. The van der Waals surface area contributed by atoms with Crippen LogP contribution in [0, 0.1) is 0 Å². The molecule has 2 saturated heterocycles. The quantitative estimate of drug-likeness (QED) is 0.770. The molecule has 3 rings (SSSR count). The van der Waals surface area contributed by atoms with Crippen molar-refractivity contribution in [3.8, 4) is 0 Å². The van der Waals surface area contributed by atoms with Crippen LogP contribution in [-0.2, 0) is 9.59 Å². The molecule has 2 amide bonds. The molecule has 0 aromatic heterocycles. The summed E-state index contributed by atoms with van der Waals surface area (Å²) in [5.74, 6) is 0.426. The van der Waals surface area contributed by atoms with Crippen LogP contribution >= 0.6 is 0 Å². The Morgan fingerprint density at radius 3 is 2.27 bits per heavy atom. The minimum atomic E-state index is -0.0583. The van der Waals surface area contributed by atoms with Crippen molar-refractivity contribution in [1.82, 2.24) is 20.0 Å². The van der Waals surface area contributed by atoms with Crippen LogP contribution in [0.3, 0.4) is 0 Å². The van der Waals surface area contributed by atoms with Crippen molar-refractivity contribution in [3.63, 3.8) is 0 Å². The third-order valence-electron chi connectivity index (χ3n) is 5.08. The lowest BCUT2D eigenvalue weighted by atomic mass is 10.2. The number of rotatable bonds is 5. The zero-order valence-electron chi connectivity index (χ0n) is 13.6. The van der Waals surface area contributed by atoms with Crippen molar-refractivity contribution in [1.29, 1.82) is 0 Å². The first-order valence-corrected chi connectivity index (χ1v) is 8.68. The summed E-state index contributed by atoms with van der Waals surface area (Å²) in [5.41, 5.74) is 0. The summed E-state index contributed by atoms with van der Waals surface area (Å²) in [6, 6.07) is 0.367. The van der Waals surface area contributed by atoms with Crippen LogP contribution in [0.5, 0.6) is 0 Å². The molecule has 3 fully saturated rings. The summed E-state index contributed by atoms with van der Waals surface area (Å²) in [6.07, 6.45) is 4.55. The molecular formula is C16H28N4O2. The second-order valence-corrected chi connectivity index (χ2v) is 6.86. The maximum atomic E-state index is 12.2. The van der Waals surface area contributed by atoms with Crippen molar-refractivity contribution in [2.45, 2.75) is 44.7 Å². The summed E-state index contributed by atoms with van der Waals surface area (Å²) in [6.45, 7) is 7.87. The fraction of sp³-hybridized carbons (Fsp3) is 0.875. The fourth-order valence-electron chi connectivity index (χ4n) is 3.28. The Morgan fingerprint density at radius 2 is 1.68 bits per heavy atom. The van der Waals surface area contributed by atoms with Crippen molar-refractivity contribution in [3.05, 3.63) is 0 Å². The van der Waals surface area contributed by atoms with Gasteiger partial charge in [-0.3, -0.25) is 19.4 Å². The van der Waals surface area contributed by atoms with Gasteiger partial charge in [0.2, 0.25) is 11.8 Å². The molecule has 2 heterocycles. The van der Waals surface area contributed by atoms with Crippen molar-refractivity contribution >= 4 is 11.8 Å². The number of likely N-dealkylation sites (tertiary alicyclic amines) is 1. The Labute approximate surface area is 132 Å². The van der Waals surface area contributed by atoms with Gasteiger partial charge in [-0.1, -0.05) is 0 Å². The smallest absolute Gasteiger partial charge is 0.237 e. The van der Waals surface area contributed by atoms with Crippen molar-refractivity contribution < 1.29 is 9.59 Å². The van der Waals surface area contributed by atoms with Crippen LogP contribution in [-0.4, -0.2) is 84.4 Å². The Kier molecular flexibility index (Phi) is 4.98. The largest absolute Gasteiger partial charge is 0.352 e. The minimum absolute atomic E-state index is 0.0583. The Bertz CT molecular complexity index is 410. The van der Waals surface area contributed by atoms with Gasteiger partial charge in [-0.05, 0) is 32.6 Å². The molecule has 1 unspecified atom stereocenters. The van der Waals surface area contributed by atoms with Crippen LogP contribution in [0.2, 0.25) is 0 Å². The predicted molar refractivity (Wildman–Crippen MR) is 84.5 cm³/mol. The summed E-state index contributed by atoms with van der Waals surface area (Å²) < 4.78 is 0. The molecule has 1 saturated carbocycles. The number of amides is 2. The average molecular weight is 308 g/mol. The first-order chi connectivity index (χ1) is 10.6. The molecule has 0 spiro atoms. The van der Waals surface area contributed by atoms with Gasteiger partial charge >= 0.3 is 0 Å². The Balaban J connectivity index is 1.39. The minimum Gasteiger partial charge on any atom is -0.352 e. The first kappa shape index (κ1) is 15.7. The van der Waals surface area contributed by atoms with E-state index in [-0.39, 0.29) is 17.9 Å². The SMILES string of the molecule is CC(C(=O)NC1CC1)N1CCN(CC(=O)N2CCCC2)CC1. The standard InChI is InChI=1S/C16H28N4O2/c1-13(16(22)17-14-4-5-14)19-10-8-18(9-11-19)12-15(21)20-6-2-3-7-20/h13-14H,2-12H2,1H3,(H,17,22). The number of nitrogens with one attached hydrogen (secondary N) is 1. The molecule has 124 valence electrons. The molecule has 1 aliphatic carbocycles. The predicted octanol–water partition coefficient (Wildman–Crippen LogP) is -0.106. The van der Waals surface area contributed by atoms with E-state index in [1.807, 2.05) is 11.8 Å². The molecule has 2 aliphatic heterocycles. The van der Waals surface area contributed by atoms with Gasteiger partial charge in [0, 0.05) is 45.3 Å². The first-order valence-electron chi connectivity index (χ1n) is 8.68. The summed E-state index contributed by atoms with van der Waals surface area (Å²) in [7, 11) is 0. The van der Waals surface area contributed by atoms with Crippen molar-refractivity contribution in [2.75, 3.05) is 45.8 Å². The maximum absolute atomic E-state index is 12.2. The lowest BCUT2D eigenvalue weighted by molar-refractivity contribution is -0.133. The monoisotopic (exact) mass is 308 g/mol. The average Bonchev–Trinajstić information content (AvgIpc) is 3.16. The molecule has 1 N–H and O–H groups in total. The normalized spacial score (nSPS) is 25.2. The van der Waals surface area contributed by atoms with E-state index in [1.165, 1.54) is 0 Å². The number of carbonyl (C=O) groups excluding carboxylic acids is 2. The number of carbonyl (C=O) groups is 2. The molecule has 22 heavy (non-hydrogen) atoms. The van der Waals surface area contributed by atoms with E-state index >= 15 is 0 Å². The summed E-state index contributed by atoms with van der Waals surface area (Å²) in [5, 5.41) is 3.08. The van der Waals surface area contributed by atoms with E-state index in [0.29, 0.717) is 12.6 Å². The van der Waals surface area contributed by atoms with Crippen LogP contribution < -0.4 is 5.32 Å². The topological polar surface area (TPSA) is 55.9 Å². The van der Waals surface area contributed by atoms with Gasteiger partial charge in [-0.2, -0.15) is 0 Å². The number of piperazine rings is 1. The van der Waals surface area contributed by atoms with Gasteiger partial charge in [0.15, 0.2) is 0 Å². The number of nitrogens with zero attached hydrogens (tertiary/aromatic N) is 3.